The van der Waals surface area contributed by atoms with E-state index in [2.05, 4.69) is 0 Å². The summed E-state index contributed by atoms with van der Waals surface area (Å²) in [5.74, 6) is 0.608. The molecular formula is C14H20FNO. The summed E-state index contributed by atoms with van der Waals surface area (Å²) >= 11 is 0. The number of ether oxygens (including phenoxy) is 1. The Bertz CT molecular complexity index is 411. The minimum absolute atomic E-state index is 0.113. The van der Waals surface area contributed by atoms with Crippen molar-refractivity contribution in [1.29, 1.82) is 0 Å². The van der Waals surface area contributed by atoms with Gasteiger partial charge in [-0.1, -0.05) is 12.8 Å². The third-order valence-corrected chi connectivity index (χ3v) is 3.99. The molecule has 1 aliphatic carbocycles. The average molecular weight is 237 g/mol. The molecule has 0 atom stereocenters. The molecule has 0 aromatic heterocycles. The van der Waals surface area contributed by atoms with E-state index >= 15 is 0 Å². The number of hydrogen-bond donors (Lipinski definition) is 1. The fourth-order valence-corrected chi connectivity index (χ4v) is 2.88. The van der Waals surface area contributed by atoms with Gasteiger partial charge in [-0.2, -0.15) is 0 Å². The topological polar surface area (TPSA) is 35.2 Å². The molecule has 0 radical (unpaired) electrons. The fourth-order valence-electron chi connectivity index (χ4n) is 2.88. The van der Waals surface area contributed by atoms with Crippen LogP contribution in [0, 0.1) is 12.7 Å². The number of halogens is 1. The number of methoxy groups -OCH3 is 1. The normalized spacial score (nSPS) is 18.4. The van der Waals surface area contributed by atoms with Gasteiger partial charge in [0.1, 0.15) is 11.6 Å². The lowest BCUT2D eigenvalue weighted by molar-refractivity contribution is 0.397. The maximum absolute atomic E-state index is 14.3. The summed E-state index contributed by atoms with van der Waals surface area (Å²) in [6.45, 7) is 2.29. The Balaban J connectivity index is 2.52. The van der Waals surface area contributed by atoms with Crippen molar-refractivity contribution in [3.05, 3.63) is 29.1 Å². The zero-order valence-corrected chi connectivity index (χ0v) is 10.6. The molecule has 2 rings (SSSR count). The molecule has 0 bridgehead atoms. The van der Waals surface area contributed by atoms with Gasteiger partial charge in [0.25, 0.3) is 0 Å². The van der Waals surface area contributed by atoms with E-state index in [9.17, 15) is 4.39 Å². The molecule has 1 fully saturated rings. The van der Waals surface area contributed by atoms with Gasteiger partial charge in [0.05, 0.1) is 7.11 Å². The largest absolute Gasteiger partial charge is 0.497 e. The summed E-state index contributed by atoms with van der Waals surface area (Å²) < 4.78 is 19.5. The lowest BCUT2D eigenvalue weighted by Gasteiger charge is -2.29. The van der Waals surface area contributed by atoms with Crippen LogP contribution in [-0.4, -0.2) is 13.7 Å². The molecule has 94 valence electrons. The van der Waals surface area contributed by atoms with Crippen LogP contribution in [0.4, 0.5) is 4.39 Å². The van der Waals surface area contributed by atoms with Crippen molar-refractivity contribution in [2.24, 2.45) is 5.73 Å². The Morgan fingerprint density at radius 2 is 2.00 bits per heavy atom. The molecule has 1 saturated carbocycles. The molecule has 0 saturated heterocycles. The van der Waals surface area contributed by atoms with Crippen molar-refractivity contribution in [2.75, 3.05) is 13.7 Å². The zero-order chi connectivity index (χ0) is 12.5. The average Bonchev–Trinajstić information content (AvgIpc) is 2.82. The van der Waals surface area contributed by atoms with Gasteiger partial charge < -0.3 is 10.5 Å². The van der Waals surface area contributed by atoms with Crippen LogP contribution in [0.3, 0.4) is 0 Å². The van der Waals surface area contributed by atoms with E-state index in [1.807, 2.05) is 6.07 Å². The van der Waals surface area contributed by atoms with Crippen LogP contribution in [0.1, 0.15) is 36.8 Å². The van der Waals surface area contributed by atoms with Crippen molar-refractivity contribution in [3.63, 3.8) is 0 Å². The van der Waals surface area contributed by atoms with E-state index in [0.29, 0.717) is 12.1 Å². The van der Waals surface area contributed by atoms with E-state index in [1.54, 1.807) is 20.1 Å². The minimum Gasteiger partial charge on any atom is -0.497 e. The summed E-state index contributed by atoms with van der Waals surface area (Å²) in [6.07, 6.45) is 4.22. The van der Waals surface area contributed by atoms with Crippen LogP contribution in [0.25, 0.3) is 0 Å². The molecule has 0 unspecified atom stereocenters. The van der Waals surface area contributed by atoms with Crippen molar-refractivity contribution >= 4 is 0 Å². The summed E-state index contributed by atoms with van der Waals surface area (Å²) in [5, 5.41) is 0. The number of aryl methyl sites for hydroxylation is 1. The fraction of sp³-hybridized carbons (Fsp3) is 0.571. The molecule has 1 aromatic carbocycles. The lowest BCUT2D eigenvalue weighted by Crippen LogP contribution is -2.33. The smallest absolute Gasteiger partial charge is 0.130 e. The minimum atomic E-state index is -0.177. The lowest BCUT2D eigenvalue weighted by atomic mass is 9.78. The Kier molecular flexibility index (Phi) is 3.38. The van der Waals surface area contributed by atoms with E-state index in [1.165, 1.54) is 0 Å². The highest BCUT2D eigenvalue weighted by Gasteiger charge is 2.37. The van der Waals surface area contributed by atoms with Gasteiger partial charge >= 0.3 is 0 Å². The highest BCUT2D eigenvalue weighted by molar-refractivity contribution is 5.40. The first-order valence-electron chi connectivity index (χ1n) is 6.17. The second kappa shape index (κ2) is 4.65. The SMILES string of the molecule is COc1cc(C)c(F)c(C2(CN)CCCC2)c1. The van der Waals surface area contributed by atoms with Gasteiger partial charge in [0.15, 0.2) is 0 Å². The summed E-state index contributed by atoms with van der Waals surface area (Å²) in [7, 11) is 1.61. The van der Waals surface area contributed by atoms with Crippen LogP contribution in [0.2, 0.25) is 0 Å². The van der Waals surface area contributed by atoms with Gasteiger partial charge in [-0.15, -0.1) is 0 Å². The highest BCUT2D eigenvalue weighted by Crippen LogP contribution is 2.43. The maximum atomic E-state index is 14.3. The number of benzene rings is 1. The van der Waals surface area contributed by atoms with Crippen molar-refractivity contribution < 1.29 is 9.13 Å². The monoisotopic (exact) mass is 237 g/mol. The molecule has 1 aliphatic rings. The predicted octanol–water partition coefficient (Wildman–Crippen LogP) is 2.91. The van der Waals surface area contributed by atoms with E-state index in [4.69, 9.17) is 10.5 Å². The second-order valence-corrected chi connectivity index (χ2v) is 5.00. The van der Waals surface area contributed by atoms with Crippen molar-refractivity contribution in [1.82, 2.24) is 0 Å². The molecule has 3 heteroatoms. The van der Waals surface area contributed by atoms with Crippen LogP contribution in [-0.2, 0) is 5.41 Å². The molecule has 0 heterocycles. The van der Waals surface area contributed by atoms with Crippen molar-refractivity contribution in [2.45, 2.75) is 38.0 Å². The first-order chi connectivity index (χ1) is 8.13. The van der Waals surface area contributed by atoms with Crippen LogP contribution in [0.5, 0.6) is 5.75 Å². The van der Waals surface area contributed by atoms with Gasteiger partial charge in [-0.05, 0) is 43.0 Å². The molecule has 1 aromatic rings. The van der Waals surface area contributed by atoms with Gasteiger partial charge in [0.2, 0.25) is 0 Å². The second-order valence-electron chi connectivity index (χ2n) is 5.00. The Hall–Kier alpha value is -1.09. The van der Waals surface area contributed by atoms with Crippen LogP contribution < -0.4 is 10.5 Å². The van der Waals surface area contributed by atoms with E-state index in [-0.39, 0.29) is 11.2 Å². The first kappa shape index (κ1) is 12.4. The van der Waals surface area contributed by atoms with Crippen LogP contribution >= 0.6 is 0 Å². The Morgan fingerprint density at radius 3 is 2.53 bits per heavy atom. The summed E-state index contributed by atoms with van der Waals surface area (Å²) in [4.78, 5) is 0. The van der Waals surface area contributed by atoms with E-state index in [0.717, 1.165) is 37.0 Å². The Labute approximate surface area is 102 Å². The zero-order valence-electron chi connectivity index (χ0n) is 10.6. The number of rotatable bonds is 3. The predicted molar refractivity (Wildman–Crippen MR) is 66.9 cm³/mol. The molecule has 0 aliphatic heterocycles. The van der Waals surface area contributed by atoms with Crippen molar-refractivity contribution in [3.8, 4) is 5.75 Å². The number of hydrogen-bond acceptors (Lipinski definition) is 2. The van der Waals surface area contributed by atoms with Gasteiger partial charge in [-0.25, -0.2) is 4.39 Å². The third-order valence-electron chi connectivity index (χ3n) is 3.99. The molecule has 2 nitrogen and oxygen atoms in total. The number of nitrogens with two attached hydrogens (primary N) is 1. The van der Waals surface area contributed by atoms with E-state index < -0.39 is 0 Å². The molecular weight excluding hydrogens is 217 g/mol. The van der Waals surface area contributed by atoms with Gasteiger partial charge in [-0.3, -0.25) is 0 Å². The summed E-state index contributed by atoms with van der Waals surface area (Å²) in [6, 6.07) is 3.55. The molecule has 17 heavy (non-hydrogen) atoms. The Morgan fingerprint density at radius 1 is 1.35 bits per heavy atom. The molecule has 0 amide bonds. The third kappa shape index (κ3) is 2.04. The van der Waals surface area contributed by atoms with Gasteiger partial charge in [0, 0.05) is 12.0 Å². The standard InChI is InChI=1S/C14H20FNO/c1-10-7-11(17-2)8-12(13(10)15)14(9-16)5-3-4-6-14/h7-8H,3-6,9,16H2,1-2H3. The quantitative estimate of drug-likeness (QED) is 0.877. The van der Waals surface area contributed by atoms with Crippen LogP contribution in [0.15, 0.2) is 12.1 Å². The highest BCUT2D eigenvalue weighted by atomic mass is 19.1. The molecule has 2 N–H and O–H groups in total. The molecule has 0 spiro atoms. The summed E-state index contributed by atoms with van der Waals surface area (Å²) in [5.41, 5.74) is 7.11. The maximum Gasteiger partial charge on any atom is 0.130 e. The first-order valence-corrected chi connectivity index (χ1v) is 6.17.